The van der Waals surface area contributed by atoms with Crippen molar-refractivity contribution in [2.45, 2.75) is 20.8 Å². The van der Waals surface area contributed by atoms with E-state index in [0.29, 0.717) is 13.1 Å². The summed E-state index contributed by atoms with van der Waals surface area (Å²) in [5.74, 6) is -0.134. The molecule has 1 aromatic heterocycles. The number of aryl methyl sites for hydroxylation is 2. The Balaban J connectivity index is 2.16. The molecule has 0 saturated carbocycles. The molecule has 0 spiro atoms. The number of aromatic nitrogens is 2. The smallest absolute Gasteiger partial charge is 0.238 e. The van der Waals surface area contributed by atoms with Crippen LogP contribution < -0.4 is 5.32 Å². The summed E-state index contributed by atoms with van der Waals surface area (Å²) >= 11 is 0. The van der Waals surface area contributed by atoms with Crippen molar-refractivity contribution in [3.8, 4) is 5.69 Å². The zero-order valence-corrected chi connectivity index (χ0v) is 15.1. The van der Waals surface area contributed by atoms with Gasteiger partial charge >= 0.3 is 0 Å². The van der Waals surface area contributed by atoms with Crippen molar-refractivity contribution < 1.29 is 9.90 Å². The standard InChI is InChI=1S/C19H26N4O2/c1-5-10-22(11-12-24)13-18(25)20-19-15(3)21-23(16(19)4)17-8-6-14(2)7-9-17/h5-9,24H,1,10-13H2,2-4H3,(H,20,25). The highest BCUT2D eigenvalue weighted by Crippen LogP contribution is 2.23. The summed E-state index contributed by atoms with van der Waals surface area (Å²) in [6.07, 6.45) is 1.72. The van der Waals surface area contributed by atoms with Crippen LogP contribution in [-0.2, 0) is 4.79 Å². The fraction of sp³-hybridized carbons (Fsp3) is 0.368. The molecule has 0 aliphatic rings. The Hall–Kier alpha value is -2.44. The van der Waals surface area contributed by atoms with Gasteiger partial charge in [-0.1, -0.05) is 23.8 Å². The molecule has 2 N–H and O–H groups in total. The predicted octanol–water partition coefficient (Wildman–Crippen LogP) is 2.22. The number of hydrogen-bond donors (Lipinski definition) is 2. The summed E-state index contributed by atoms with van der Waals surface area (Å²) in [6.45, 7) is 10.7. The first-order chi connectivity index (χ1) is 12.0. The summed E-state index contributed by atoms with van der Waals surface area (Å²) in [4.78, 5) is 14.2. The molecule has 134 valence electrons. The van der Waals surface area contributed by atoms with Crippen LogP contribution in [0.1, 0.15) is 17.0 Å². The third-order valence-corrected chi connectivity index (χ3v) is 4.01. The number of aliphatic hydroxyl groups is 1. The number of benzene rings is 1. The van der Waals surface area contributed by atoms with E-state index in [1.165, 1.54) is 5.56 Å². The van der Waals surface area contributed by atoms with Gasteiger partial charge in [-0.3, -0.25) is 9.69 Å². The highest BCUT2D eigenvalue weighted by Gasteiger charge is 2.16. The maximum atomic E-state index is 12.4. The molecule has 0 aliphatic carbocycles. The summed E-state index contributed by atoms with van der Waals surface area (Å²) < 4.78 is 1.83. The molecule has 2 aromatic rings. The average molecular weight is 342 g/mol. The molecule has 2 rings (SSSR count). The van der Waals surface area contributed by atoms with Gasteiger partial charge in [0.1, 0.15) is 0 Å². The molecular formula is C19H26N4O2. The minimum Gasteiger partial charge on any atom is -0.395 e. The van der Waals surface area contributed by atoms with Gasteiger partial charge in [-0.2, -0.15) is 5.10 Å². The molecule has 0 atom stereocenters. The minimum absolute atomic E-state index is 0.00450. The number of rotatable bonds is 8. The molecule has 0 fully saturated rings. The fourth-order valence-corrected chi connectivity index (χ4v) is 2.70. The topological polar surface area (TPSA) is 70.4 Å². The molecule has 0 aliphatic heterocycles. The van der Waals surface area contributed by atoms with E-state index in [4.69, 9.17) is 5.11 Å². The minimum atomic E-state index is -0.134. The first kappa shape index (κ1) is 18.9. The highest BCUT2D eigenvalue weighted by atomic mass is 16.3. The van der Waals surface area contributed by atoms with Crippen LogP contribution in [0, 0.1) is 20.8 Å². The van der Waals surface area contributed by atoms with Crippen LogP contribution >= 0.6 is 0 Å². The normalized spacial score (nSPS) is 10.9. The lowest BCUT2D eigenvalue weighted by Crippen LogP contribution is -2.35. The van der Waals surface area contributed by atoms with Crippen LogP contribution in [0.2, 0.25) is 0 Å². The van der Waals surface area contributed by atoms with Crippen LogP contribution in [0.25, 0.3) is 5.69 Å². The largest absolute Gasteiger partial charge is 0.395 e. The second kappa shape index (κ2) is 8.60. The molecule has 1 heterocycles. The Labute approximate surface area is 148 Å². The van der Waals surface area contributed by atoms with Gasteiger partial charge in [0.25, 0.3) is 0 Å². The van der Waals surface area contributed by atoms with Crippen molar-refractivity contribution >= 4 is 11.6 Å². The molecule has 0 unspecified atom stereocenters. The lowest BCUT2D eigenvalue weighted by molar-refractivity contribution is -0.117. The molecule has 1 amide bonds. The number of anilines is 1. The van der Waals surface area contributed by atoms with E-state index in [0.717, 1.165) is 22.8 Å². The van der Waals surface area contributed by atoms with Crippen LogP contribution in [0.3, 0.4) is 0 Å². The van der Waals surface area contributed by atoms with Crippen LogP contribution in [0.5, 0.6) is 0 Å². The number of carbonyl (C=O) groups excluding carboxylic acids is 1. The van der Waals surface area contributed by atoms with Crippen LogP contribution in [-0.4, -0.2) is 51.9 Å². The molecule has 25 heavy (non-hydrogen) atoms. The predicted molar refractivity (Wildman–Crippen MR) is 100 cm³/mol. The lowest BCUT2D eigenvalue weighted by Gasteiger charge is -2.18. The molecule has 0 bridgehead atoms. The first-order valence-electron chi connectivity index (χ1n) is 8.33. The molecule has 0 saturated heterocycles. The molecule has 6 nitrogen and oxygen atoms in total. The van der Waals surface area contributed by atoms with Gasteiger partial charge in [-0.25, -0.2) is 4.68 Å². The summed E-state index contributed by atoms with van der Waals surface area (Å²) in [7, 11) is 0. The van der Waals surface area contributed by atoms with Gasteiger partial charge in [0, 0.05) is 13.1 Å². The monoisotopic (exact) mass is 342 g/mol. The van der Waals surface area contributed by atoms with Crippen LogP contribution in [0.4, 0.5) is 5.69 Å². The van der Waals surface area contributed by atoms with Crippen molar-refractivity contribution in [2.75, 3.05) is 31.6 Å². The zero-order chi connectivity index (χ0) is 18.4. The lowest BCUT2D eigenvalue weighted by atomic mass is 10.2. The van der Waals surface area contributed by atoms with E-state index in [9.17, 15) is 4.79 Å². The number of carbonyl (C=O) groups is 1. The maximum absolute atomic E-state index is 12.4. The maximum Gasteiger partial charge on any atom is 0.238 e. The van der Waals surface area contributed by atoms with Crippen LogP contribution in [0.15, 0.2) is 36.9 Å². The van der Waals surface area contributed by atoms with E-state index in [1.807, 2.05) is 54.6 Å². The fourth-order valence-electron chi connectivity index (χ4n) is 2.70. The second-order valence-electron chi connectivity index (χ2n) is 6.09. The number of aliphatic hydroxyl groups excluding tert-OH is 1. The molecule has 0 radical (unpaired) electrons. The second-order valence-corrected chi connectivity index (χ2v) is 6.09. The third-order valence-electron chi connectivity index (χ3n) is 4.01. The summed E-state index contributed by atoms with van der Waals surface area (Å²) in [5, 5.41) is 16.6. The third kappa shape index (κ3) is 4.78. The Morgan fingerprint density at radius 1 is 1.32 bits per heavy atom. The molecule has 6 heteroatoms. The van der Waals surface area contributed by atoms with E-state index >= 15 is 0 Å². The first-order valence-corrected chi connectivity index (χ1v) is 8.33. The number of nitrogens with zero attached hydrogens (tertiary/aromatic N) is 3. The van der Waals surface area contributed by atoms with E-state index < -0.39 is 0 Å². The van der Waals surface area contributed by atoms with E-state index in [-0.39, 0.29) is 19.1 Å². The zero-order valence-electron chi connectivity index (χ0n) is 15.1. The van der Waals surface area contributed by atoms with Crippen molar-refractivity contribution in [3.05, 3.63) is 53.9 Å². The average Bonchev–Trinajstić information content (AvgIpc) is 2.84. The SMILES string of the molecule is C=CCN(CCO)CC(=O)Nc1c(C)nn(-c2ccc(C)cc2)c1C. The number of amides is 1. The van der Waals surface area contributed by atoms with E-state index in [2.05, 4.69) is 17.0 Å². The van der Waals surface area contributed by atoms with Gasteiger partial charge in [0.15, 0.2) is 0 Å². The van der Waals surface area contributed by atoms with Crippen molar-refractivity contribution in [2.24, 2.45) is 0 Å². The van der Waals surface area contributed by atoms with Gasteiger partial charge < -0.3 is 10.4 Å². The number of nitrogens with one attached hydrogen (secondary N) is 1. The Bertz CT molecular complexity index is 735. The summed E-state index contributed by atoms with van der Waals surface area (Å²) in [5.41, 5.74) is 4.52. The van der Waals surface area contributed by atoms with Crippen molar-refractivity contribution in [1.82, 2.24) is 14.7 Å². The van der Waals surface area contributed by atoms with Crippen molar-refractivity contribution in [1.29, 1.82) is 0 Å². The Morgan fingerprint density at radius 3 is 2.60 bits per heavy atom. The van der Waals surface area contributed by atoms with Crippen molar-refractivity contribution in [3.63, 3.8) is 0 Å². The molecule has 1 aromatic carbocycles. The van der Waals surface area contributed by atoms with Gasteiger partial charge in [0.2, 0.25) is 5.91 Å². The van der Waals surface area contributed by atoms with Gasteiger partial charge in [-0.15, -0.1) is 6.58 Å². The van der Waals surface area contributed by atoms with Gasteiger partial charge in [0.05, 0.1) is 35.9 Å². The quantitative estimate of drug-likeness (QED) is 0.722. The Morgan fingerprint density at radius 2 is 2.00 bits per heavy atom. The van der Waals surface area contributed by atoms with E-state index in [1.54, 1.807) is 6.08 Å². The van der Waals surface area contributed by atoms with Gasteiger partial charge in [-0.05, 0) is 32.9 Å². The summed E-state index contributed by atoms with van der Waals surface area (Å²) in [6, 6.07) is 8.08. The molecular weight excluding hydrogens is 316 g/mol. The highest BCUT2D eigenvalue weighted by molar-refractivity contribution is 5.93. The Kier molecular flexibility index (Phi) is 6.50. The number of hydrogen-bond acceptors (Lipinski definition) is 4.